The molecule has 19 heavy (non-hydrogen) atoms. The number of amides is 1. The molecule has 0 radical (unpaired) electrons. The topological polar surface area (TPSA) is 55.1 Å². The van der Waals surface area contributed by atoms with Crippen LogP contribution in [0.2, 0.25) is 0 Å². The molecule has 1 atom stereocenters. The highest BCUT2D eigenvalue weighted by Crippen LogP contribution is 2.19. The van der Waals surface area contributed by atoms with Gasteiger partial charge in [0.15, 0.2) is 0 Å². The zero-order chi connectivity index (χ0) is 14.4. The lowest BCUT2D eigenvalue weighted by atomic mass is 9.97. The van der Waals surface area contributed by atoms with Gasteiger partial charge in [-0.15, -0.1) is 0 Å². The Balaban J connectivity index is 2.67. The van der Waals surface area contributed by atoms with Crippen LogP contribution < -0.4 is 11.1 Å². The van der Waals surface area contributed by atoms with Crippen LogP contribution in [0.15, 0.2) is 24.3 Å². The summed E-state index contributed by atoms with van der Waals surface area (Å²) < 4.78 is 24.8. The number of nitrogens with one attached hydrogen (secondary N) is 1. The minimum Gasteiger partial charge on any atom is -0.354 e. The summed E-state index contributed by atoms with van der Waals surface area (Å²) in [5, 5.41) is 2.80. The average Bonchev–Trinajstić information content (AvgIpc) is 2.35. The van der Waals surface area contributed by atoms with E-state index >= 15 is 0 Å². The van der Waals surface area contributed by atoms with Gasteiger partial charge < -0.3 is 11.1 Å². The van der Waals surface area contributed by atoms with Crippen LogP contribution in [0.3, 0.4) is 0 Å². The Morgan fingerprint density at radius 1 is 1.26 bits per heavy atom. The molecule has 0 aliphatic rings. The second kappa shape index (κ2) is 7.19. The molecular formula is C14H20F2N2O. The van der Waals surface area contributed by atoms with Crippen molar-refractivity contribution < 1.29 is 13.6 Å². The first kappa shape index (κ1) is 15.6. The van der Waals surface area contributed by atoms with Crippen molar-refractivity contribution >= 4 is 5.91 Å². The summed E-state index contributed by atoms with van der Waals surface area (Å²) in [5.41, 5.74) is 6.41. The van der Waals surface area contributed by atoms with Gasteiger partial charge in [0.25, 0.3) is 6.43 Å². The van der Waals surface area contributed by atoms with Gasteiger partial charge in [0.2, 0.25) is 5.91 Å². The van der Waals surface area contributed by atoms with Crippen LogP contribution in [-0.4, -0.2) is 18.5 Å². The number of alkyl halides is 2. The fourth-order valence-electron chi connectivity index (χ4n) is 1.77. The zero-order valence-electron chi connectivity index (χ0n) is 11.2. The predicted octanol–water partition coefficient (Wildman–Crippen LogP) is 2.27. The van der Waals surface area contributed by atoms with Gasteiger partial charge in [-0.05, 0) is 25.8 Å². The number of hydrogen-bond acceptors (Lipinski definition) is 2. The zero-order valence-corrected chi connectivity index (χ0v) is 11.2. The molecule has 0 saturated carbocycles. The van der Waals surface area contributed by atoms with Gasteiger partial charge in [0.1, 0.15) is 0 Å². The van der Waals surface area contributed by atoms with E-state index in [0.29, 0.717) is 6.42 Å². The Bertz CT molecular complexity index is 404. The monoisotopic (exact) mass is 270 g/mol. The molecule has 0 spiro atoms. The summed E-state index contributed by atoms with van der Waals surface area (Å²) in [6.45, 7) is 3.99. The van der Waals surface area contributed by atoms with Crippen molar-refractivity contribution in [2.75, 3.05) is 6.54 Å². The fourth-order valence-corrected chi connectivity index (χ4v) is 1.77. The first-order valence-electron chi connectivity index (χ1n) is 6.31. The third-order valence-electron chi connectivity index (χ3n) is 2.80. The van der Waals surface area contributed by atoms with Crippen molar-refractivity contribution in [2.24, 2.45) is 11.7 Å². The van der Waals surface area contributed by atoms with Crippen LogP contribution in [0.4, 0.5) is 8.78 Å². The number of nitrogens with two attached hydrogens (primary N) is 1. The molecule has 3 N–H and O–H groups in total. The number of carbonyl (C=O) groups excluding carboxylic acids is 1. The van der Waals surface area contributed by atoms with E-state index in [0.717, 1.165) is 5.56 Å². The van der Waals surface area contributed by atoms with E-state index in [1.807, 2.05) is 13.8 Å². The molecule has 1 aromatic carbocycles. The van der Waals surface area contributed by atoms with Crippen LogP contribution in [0.5, 0.6) is 0 Å². The van der Waals surface area contributed by atoms with Crippen LogP contribution >= 0.6 is 0 Å². The first-order chi connectivity index (χ1) is 8.93. The highest BCUT2D eigenvalue weighted by Gasteiger charge is 2.18. The molecule has 1 aromatic rings. The van der Waals surface area contributed by atoms with Crippen molar-refractivity contribution in [3.63, 3.8) is 0 Å². The van der Waals surface area contributed by atoms with Gasteiger partial charge in [0, 0.05) is 18.2 Å². The third-order valence-corrected chi connectivity index (χ3v) is 2.80. The Morgan fingerprint density at radius 3 is 2.26 bits per heavy atom. The van der Waals surface area contributed by atoms with Crippen LogP contribution in [-0.2, 0) is 11.2 Å². The average molecular weight is 270 g/mol. The van der Waals surface area contributed by atoms with Gasteiger partial charge >= 0.3 is 0 Å². The van der Waals surface area contributed by atoms with Crippen molar-refractivity contribution in [1.82, 2.24) is 5.32 Å². The van der Waals surface area contributed by atoms with E-state index in [2.05, 4.69) is 5.32 Å². The molecule has 0 saturated heterocycles. The molecule has 1 amide bonds. The van der Waals surface area contributed by atoms with E-state index in [4.69, 9.17) is 5.73 Å². The van der Waals surface area contributed by atoms with E-state index < -0.39 is 6.43 Å². The summed E-state index contributed by atoms with van der Waals surface area (Å²) >= 11 is 0. The molecule has 0 bridgehead atoms. The summed E-state index contributed by atoms with van der Waals surface area (Å²) in [4.78, 5) is 11.9. The predicted molar refractivity (Wildman–Crippen MR) is 70.9 cm³/mol. The molecule has 0 heterocycles. The number of carbonyl (C=O) groups is 1. The number of benzene rings is 1. The molecular weight excluding hydrogens is 250 g/mol. The summed E-state index contributed by atoms with van der Waals surface area (Å²) in [6.07, 6.45) is -2.01. The number of rotatable bonds is 6. The van der Waals surface area contributed by atoms with Crippen LogP contribution in [0, 0.1) is 5.92 Å². The quantitative estimate of drug-likeness (QED) is 0.833. The minimum absolute atomic E-state index is 0.0142. The van der Waals surface area contributed by atoms with Gasteiger partial charge in [-0.3, -0.25) is 4.79 Å². The molecule has 3 nitrogen and oxygen atoms in total. The third kappa shape index (κ3) is 4.95. The minimum atomic E-state index is -2.47. The standard InChI is InChI=1S/C14H20F2N2O/c1-9(2)18-14(19)12(8-17)7-10-3-5-11(6-4-10)13(15)16/h3-6,9,12-13H,7-8,17H2,1-2H3,(H,18,19). The van der Waals surface area contributed by atoms with Gasteiger partial charge in [-0.1, -0.05) is 24.3 Å². The summed E-state index contributed by atoms with van der Waals surface area (Å²) in [7, 11) is 0. The lowest BCUT2D eigenvalue weighted by Crippen LogP contribution is -2.39. The second-order valence-electron chi connectivity index (χ2n) is 4.84. The summed E-state index contributed by atoms with van der Waals surface area (Å²) in [5.74, 6) is -0.435. The number of hydrogen-bond donors (Lipinski definition) is 2. The van der Waals surface area contributed by atoms with Crippen molar-refractivity contribution in [3.05, 3.63) is 35.4 Å². The van der Waals surface area contributed by atoms with Crippen molar-refractivity contribution in [2.45, 2.75) is 32.7 Å². The maximum atomic E-state index is 12.4. The largest absolute Gasteiger partial charge is 0.354 e. The van der Waals surface area contributed by atoms with Gasteiger partial charge in [-0.2, -0.15) is 0 Å². The lowest BCUT2D eigenvalue weighted by molar-refractivity contribution is -0.125. The maximum absolute atomic E-state index is 12.4. The maximum Gasteiger partial charge on any atom is 0.263 e. The Kier molecular flexibility index (Phi) is 5.89. The molecule has 0 aliphatic heterocycles. The molecule has 1 rings (SSSR count). The fraction of sp³-hybridized carbons (Fsp3) is 0.500. The first-order valence-corrected chi connectivity index (χ1v) is 6.31. The lowest BCUT2D eigenvalue weighted by Gasteiger charge is -2.17. The van der Waals surface area contributed by atoms with E-state index in [-0.39, 0.29) is 30.0 Å². The molecule has 5 heteroatoms. The normalized spacial score (nSPS) is 12.8. The second-order valence-corrected chi connectivity index (χ2v) is 4.84. The molecule has 106 valence electrons. The van der Waals surface area contributed by atoms with Crippen molar-refractivity contribution in [1.29, 1.82) is 0 Å². The van der Waals surface area contributed by atoms with E-state index in [1.54, 1.807) is 12.1 Å². The number of halogens is 2. The van der Waals surface area contributed by atoms with E-state index in [9.17, 15) is 13.6 Å². The Hall–Kier alpha value is -1.49. The Labute approximate surface area is 112 Å². The van der Waals surface area contributed by atoms with Crippen LogP contribution in [0.1, 0.15) is 31.4 Å². The highest BCUT2D eigenvalue weighted by atomic mass is 19.3. The highest BCUT2D eigenvalue weighted by molar-refractivity contribution is 5.79. The SMILES string of the molecule is CC(C)NC(=O)C(CN)Cc1ccc(C(F)F)cc1. The Morgan fingerprint density at radius 2 is 1.84 bits per heavy atom. The van der Waals surface area contributed by atoms with Gasteiger partial charge in [-0.25, -0.2) is 8.78 Å². The molecule has 0 aliphatic carbocycles. The molecule has 0 aromatic heterocycles. The van der Waals surface area contributed by atoms with Gasteiger partial charge in [0.05, 0.1) is 5.92 Å². The van der Waals surface area contributed by atoms with E-state index in [1.165, 1.54) is 12.1 Å². The summed E-state index contributed by atoms with van der Waals surface area (Å²) in [6, 6.07) is 6.06. The molecule has 0 fully saturated rings. The van der Waals surface area contributed by atoms with Crippen LogP contribution in [0.25, 0.3) is 0 Å². The smallest absolute Gasteiger partial charge is 0.263 e. The molecule has 1 unspecified atom stereocenters. The van der Waals surface area contributed by atoms with Crippen molar-refractivity contribution in [3.8, 4) is 0 Å².